The molecule has 0 aliphatic heterocycles. The minimum atomic E-state index is -1.26. The fourth-order valence-corrected chi connectivity index (χ4v) is 3.11. The zero-order valence-corrected chi connectivity index (χ0v) is 12.8. The first-order chi connectivity index (χ1) is 12.0. The Hall–Kier alpha value is -3.54. The molecular formula is C19H11NO5. The number of ketones is 2. The van der Waals surface area contributed by atoms with E-state index in [1.54, 1.807) is 24.3 Å². The van der Waals surface area contributed by atoms with Crippen LogP contribution < -0.4 is 0 Å². The number of hydrogen-bond acceptors (Lipinski definition) is 5. The summed E-state index contributed by atoms with van der Waals surface area (Å²) in [5, 5.41) is 20.0. The van der Waals surface area contributed by atoms with Gasteiger partial charge in [0.05, 0.1) is 11.1 Å². The fourth-order valence-electron chi connectivity index (χ4n) is 3.11. The predicted molar refractivity (Wildman–Crippen MR) is 88.2 cm³/mol. The molecule has 1 aliphatic rings. The standard InChI is InChI=1S/C19H11NO5/c21-14-8-9-3-1-2-4-13(9)20-16(14)15-17(22)11-6-5-10(19(24)25)7-12(11)18(15)23/h1-8,15,21H,(H,24,25)/t15-/m0/s1. The van der Waals surface area contributed by atoms with Crippen LogP contribution in [0.2, 0.25) is 0 Å². The Labute approximate surface area is 141 Å². The van der Waals surface area contributed by atoms with E-state index in [0.717, 1.165) is 0 Å². The maximum atomic E-state index is 12.7. The normalized spacial score (nSPS) is 16.2. The molecule has 1 aromatic heterocycles. The number of fused-ring (bicyclic) bond motifs is 2. The third kappa shape index (κ3) is 2.19. The molecule has 0 radical (unpaired) electrons. The number of hydrogen-bond donors (Lipinski definition) is 2. The molecule has 0 unspecified atom stereocenters. The van der Waals surface area contributed by atoms with Gasteiger partial charge in [-0.1, -0.05) is 18.2 Å². The van der Waals surface area contributed by atoms with Crippen LogP contribution in [0, 0.1) is 0 Å². The van der Waals surface area contributed by atoms with E-state index in [-0.39, 0.29) is 28.1 Å². The molecule has 1 heterocycles. The van der Waals surface area contributed by atoms with Gasteiger partial charge in [0.25, 0.3) is 0 Å². The number of aromatic hydroxyl groups is 1. The van der Waals surface area contributed by atoms with Gasteiger partial charge in [-0.25, -0.2) is 9.78 Å². The van der Waals surface area contributed by atoms with E-state index in [1.807, 2.05) is 0 Å². The molecule has 1 atom stereocenters. The van der Waals surface area contributed by atoms with Crippen molar-refractivity contribution in [3.05, 3.63) is 70.9 Å². The van der Waals surface area contributed by atoms with Crippen LogP contribution in [0.15, 0.2) is 48.5 Å². The molecule has 0 amide bonds. The molecule has 25 heavy (non-hydrogen) atoms. The maximum absolute atomic E-state index is 12.7. The number of aromatic carboxylic acids is 1. The van der Waals surface area contributed by atoms with Gasteiger partial charge in [0, 0.05) is 16.5 Å². The lowest BCUT2D eigenvalue weighted by atomic mass is 9.97. The third-order valence-corrected chi connectivity index (χ3v) is 4.33. The summed E-state index contributed by atoms with van der Waals surface area (Å²) < 4.78 is 0. The lowest BCUT2D eigenvalue weighted by Crippen LogP contribution is -2.14. The van der Waals surface area contributed by atoms with Crippen LogP contribution in [0.25, 0.3) is 10.9 Å². The monoisotopic (exact) mass is 333 g/mol. The van der Waals surface area contributed by atoms with Gasteiger partial charge in [0.2, 0.25) is 0 Å². The van der Waals surface area contributed by atoms with Crippen molar-refractivity contribution in [3.63, 3.8) is 0 Å². The number of benzene rings is 2. The molecule has 2 aromatic carbocycles. The van der Waals surface area contributed by atoms with E-state index in [9.17, 15) is 19.5 Å². The van der Waals surface area contributed by atoms with Gasteiger partial charge in [0.15, 0.2) is 11.6 Å². The summed E-state index contributed by atoms with van der Waals surface area (Å²) in [5.74, 6) is -3.73. The van der Waals surface area contributed by atoms with E-state index in [2.05, 4.69) is 4.98 Å². The quantitative estimate of drug-likeness (QED) is 0.699. The minimum Gasteiger partial charge on any atom is -0.506 e. The smallest absolute Gasteiger partial charge is 0.335 e. The van der Waals surface area contributed by atoms with Crippen LogP contribution in [0.4, 0.5) is 0 Å². The van der Waals surface area contributed by atoms with Crippen molar-refractivity contribution in [2.45, 2.75) is 5.92 Å². The summed E-state index contributed by atoms with van der Waals surface area (Å²) in [7, 11) is 0. The highest BCUT2D eigenvalue weighted by atomic mass is 16.4. The predicted octanol–water partition coefficient (Wildman–Crippen LogP) is 2.80. The van der Waals surface area contributed by atoms with Crippen molar-refractivity contribution < 1.29 is 24.6 Å². The highest BCUT2D eigenvalue weighted by molar-refractivity contribution is 6.30. The summed E-state index contributed by atoms with van der Waals surface area (Å²) in [4.78, 5) is 40.7. The molecule has 0 bridgehead atoms. The van der Waals surface area contributed by atoms with Crippen LogP contribution in [0.3, 0.4) is 0 Å². The van der Waals surface area contributed by atoms with Crippen molar-refractivity contribution in [2.24, 2.45) is 0 Å². The van der Waals surface area contributed by atoms with Gasteiger partial charge in [-0.05, 0) is 30.3 Å². The van der Waals surface area contributed by atoms with Crippen LogP contribution in [0.1, 0.15) is 42.7 Å². The number of nitrogens with zero attached hydrogens (tertiary/aromatic N) is 1. The van der Waals surface area contributed by atoms with Crippen molar-refractivity contribution in [1.82, 2.24) is 4.98 Å². The second kappa shape index (κ2) is 5.24. The minimum absolute atomic E-state index is 0.0122. The van der Waals surface area contributed by atoms with Crippen molar-refractivity contribution in [3.8, 4) is 5.75 Å². The largest absolute Gasteiger partial charge is 0.506 e. The number of pyridine rings is 1. The van der Waals surface area contributed by atoms with Crippen LogP contribution in [0.5, 0.6) is 5.75 Å². The average molecular weight is 333 g/mol. The van der Waals surface area contributed by atoms with Gasteiger partial charge in [-0.3, -0.25) is 9.59 Å². The van der Waals surface area contributed by atoms with Gasteiger partial charge >= 0.3 is 5.97 Å². The SMILES string of the molecule is O=C(O)c1ccc2c(c1)C(=O)[C@@H](c1nc3ccccc3cc1O)C2=O. The molecule has 1 aliphatic carbocycles. The number of carbonyl (C=O) groups is 3. The number of aromatic nitrogens is 1. The molecular weight excluding hydrogens is 322 g/mol. The fraction of sp³-hybridized carbons (Fsp3) is 0.0526. The Kier molecular flexibility index (Phi) is 3.15. The number of carbonyl (C=O) groups excluding carboxylic acids is 2. The van der Waals surface area contributed by atoms with Gasteiger partial charge < -0.3 is 10.2 Å². The molecule has 3 aromatic rings. The van der Waals surface area contributed by atoms with E-state index >= 15 is 0 Å². The van der Waals surface area contributed by atoms with Gasteiger partial charge in [0.1, 0.15) is 17.4 Å². The second-order valence-corrected chi connectivity index (χ2v) is 5.81. The zero-order valence-electron chi connectivity index (χ0n) is 12.8. The van der Waals surface area contributed by atoms with Crippen LogP contribution in [-0.4, -0.2) is 32.7 Å². The number of Topliss-reactive ketones (excluding diaryl/α,β-unsaturated/α-hetero) is 2. The molecule has 122 valence electrons. The Balaban J connectivity index is 1.87. The third-order valence-electron chi connectivity index (χ3n) is 4.33. The van der Waals surface area contributed by atoms with Crippen molar-refractivity contribution >= 4 is 28.4 Å². The highest BCUT2D eigenvalue weighted by Crippen LogP contribution is 2.38. The first kappa shape index (κ1) is 15.0. The Bertz CT molecular complexity index is 1090. The summed E-state index contributed by atoms with van der Waals surface area (Å²) in [5.41, 5.74) is 0.662. The molecule has 2 N–H and O–H groups in total. The first-order valence-electron chi connectivity index (χ1n) is 7.52. The first-order valence-corrected chi connectivity index (χ1v) is 7.52. The molecule has 0 fully saturated rings. The number of carboxylic acids is 1. The maximum Gasteiger partial charge on any atom is 0.335 e. The molecule has 4 rings (SSSR count). The number of para-hydroxylation sites is 1. The summed E-state index contributed by atoms with van der Waals surface area (Å²) in [6, 6.07) is 12.3. The number of carboxylic acid groups (broad SMARTS) is 1. The summed E-state index contributed by atoms with van der Waals surface area (Å²) >= 11 is 0. The topological polar surface area (TPSA) is 105 Å². The molecule has 6 nitrogen and oxygen atoms in total. The van der Waals surface area contributed by atoms with E-state index in [4.69, 9.17) is 5.11 Å². The van der Waals surface area contributed by atoms with Crippen LogP contribution in [-0.2, 0) is 0 Å². The Morgan fingerprint density at radius 3 is 2.44 bits per heavy atom. The molecule has 0 saturated carbocycles. The average Bonchev–Trinajstić information content (AvgIpc) is 2.85. The van der Waals surface area contributed by atoms with Crippen molar-refractivity contribution in [1.29, 1.82) is 0 Å². The van der Waals surface area contributed by atoms with Gasteiger partial charge in [-0.15, -0.1) is 0 Å². The molecule has 6 heteroatoms. The highest BCUT2D eigenvalue weighted by Gasteiger charge is 2.42. The van der Waals surface area contributed by atoms with E-state index in [1.165, 1.54) is 24.3 Å². The number of rotatable bonds is 2. The van der Waals surface area contributed by atoms with Crippen LogP contribution >= 0.6 is 0 Å². The van der Waals surface area contributed by atoms with E-state index < -0.39 is 23.5 Å². The van der Waals surface area contributed by atoms with Gasteiger partial charge in [-0.2, -0.15) is 0 Å². The van der Waals surface area contributed by atoms with Crippen molar-refractivity contribution in [2.75, 3.05) is 0 Å². The summed E-state index contributed by atoms with van der Waals surface area (Å²) in [6.07, 6.45) is 0. The summed E-state index contributed by atoms with van der Waals surface area (Å²) in [6.45, 7) is 0. The van der Waals surface area contributed by atoms with E-state index in [0.29, 0.717) is 10.9 Å². The zero-order chi connectivity index (χ0) is 17.7. The molecule has 0 saturated heterocycles. The lowest BCUT2D eigenvalue weighted by molar-refractivity contribution is 0.0696. The Morgan fingerprint density at radius 2 is 1.68 bits per heavy atom. The molecule has 0 spiro atoms. The second-order valence-electron chi connectivity index (χ2n) is 5.81. The lowest BCUT2D eigenvalue weighted by Gasteiger charge is -2.10. The Morgan fingerprint density at radius 1 is 0.960 bits per heavy atom.